The van der Waals surface area contributed by atoms with Gasteiger partial charge in [-0.2, -0.15) is 0 Å². The molecule has 7 nitrogen and oxygen atoms in total. The second kappa shape index (κ2) is 7.14. The molecule has 0 saturated carbocycles. The van der Waals surface area contributed by atoms with Crippen LogP contribution in [0.3, 0.4) is 0 Å². The van der Waals surface area contributed by atoms with Crippen molar-refractivity contribution in [2.75, 3.05) is 39.3 Å². The SMILES string of the molecule is O=C(C1NNC2CCNCC21)N1CCN(Cc2ccncc2)CC1. The third-order valence-electron chi connectivity index (χ3n) is 5.49. The van der Waals surface area contributed by atoms with E-state index in [0.29, 0.717) is 12.0 Å². The molecule has 0 bridgehead atoms. The lowest BCUT2D eigenvalue weighted by Crippen LogP contribution is -2.55. The lowest BCUT2D eigenvalue weighted by atomic mass is 9.89. The Morgan fingerprint density at radius 1 is 1.17 bits per heavy atom. The van der Waals surface area contributed by atoms with E-state index in [-0.39, 0.29) is 11.9 Å². The Balaban J connectivity index is 1.30. The number of piperazine rings is 1. The summed E-state index contributed by atoms with van der Waals surface area (Å²) in [5.74, 6) is 0.614. The van der Waals surface area contributed by atoms with Gasteiger partial charge in [-0.05, 0) is 30.7 Å². The van der Waals surface area contributed by atoms with Gasteiger partial charge in [-0.3, -0.25) is 20.1 Å². The van der Waals surface area contributed by atoms with Crippen molar-refractivity contribution >= 4 is 5.91 Å². The van der Waals surface area contributed by atoms with Crippen molar-refractivity contribution in [2.24, 2.45) is 5.92 Å². The molecule has 0 radical (unpaired) electrons. The third-order valence-corrected chi connectivity index (χ3v) is 5.49. The zero-order valence-corrected chi connectivity index (χ0v) is 13.9. The van der Waals surface area contributed by atoms with Crippen molar-refractivity contribution in [2.45, 2.75) is 25.0 Å². The van der Waals surface area contributed by atoms with E-state index in [2.05, 4.69) is 38.2 Å². The minimum Gasteiger partial charge on any atom is -0.339 e. The maximum absolute atomic E-state index is 12.9. The van der Waals surface area contributed by atoms with Crippen LogP contribution >= 0.6 is 0 Å². The standard InChI is InChI=1S/C17H26N6O/c24-17(16-14-11-19-6-3-15(14)20-21-16)23-9-7-22(8-10-23)12-13-1-4-18-5-2-13/h1-2,4-5,14-16,19-21H,3,6-12H2. The minimum atomic E-state index is -0.0884. The van der Waals surface area contributed by atoms with Crippen LogP contribution in [0.15, 0.2) is 24.5 Å². The average molecular weight is 330 g/mol. The normalized spacial score (nSPS) is 31.0. The first-order valence-electron chi connectivity index (χ1n) is 8.93. The summed E-state index contributed by atoms with van der Waals surface area (Å²) in [6.07, 6.45) is 4.76. The monoisotopic (exact) mass is 330 g/mol. The van der Waals surface area contributed by atoms with Gasteiger partial charge in [0, 0.05) is 63.6 Å². The molecular weight excluding hydrogens is 304 g/mol. The number of carbonyl (C=O) groups excluding carboxylic acids is 1. The average Bonchev–Trinajstić information content (AvgIpc) is 3.07. The fourth-order valence-corrected chi connectivity index (χ4v) is 4.03. The van der Waals surface area contributed by atoms with E-state index in [1.54, 1.807) is 0 Å². The molecule has 3 atom stereocenters. The molecule has 3 N–H and O–H groups in total. The molecule has 3 aliphatic rings. The molecule has 0 aliphatic carbocycles. The van der Waals surface area contributed by atoms with Gasteiger partial charge < -0.3 is 10.2 Å². The zero-order chi connectivity index (χ0) is 16.4. The molecule has 0 spiro atoms. The highest BCUT2D eigenvalue weighted by molar-refractivity contribution is 5.82. The summed E-state index contributed by atoms with van der Waals surface area (Å²) in [5.41, 5.74) is 7.84. The summed E-state index contributed by atoms with van der Waals surface area (Å²) in [5, 5.41) is 3.41. The summed E-state index contributed by atoms with van der Waals surface area (Å²) in [7, 11) is 0. The maximum atomic E-state index is 12.9. The van der Waals surface area contributed by atoms with Crippen LogP contribution in [0.2, 0.25) is 0 Å². The highest BCUT2D eigenvalue weighted by Gasteiger charge is 2.42. The number of amides is 1. The Labute approximate surface area is 142 Å². The first-order valence-corrected chi connectivity index (χ1v) is 8.93. The molecule has 7 heteroatoms. The maximum Gasteiger partial charge on any atom is 0.241 e. The van der Waals surface area contributed by atoms with E-state index in [9.17, 15) is 4.79 Å². The van der Waals surface area contributed by atoms with Crippen LogP contribution in [0.5, 0.6) is 0 Å². The molecule has 1 aromatic heterocycles. The van der Waals surface area contributed by atoms with Crippen molar-refractivity contribution in [3.05, 3.63) is 30.1 Å². The summed E-state index contributed by atoms with van der Waals surface area (Å²) in [4.78, 5) is 21.4. The molecule has 3 fully saturated rings. The van der Waals surface area contributed by atoms with Gasteiger partial charge in [-0.1, -0.05) is 0 Å². The highest BCUT2D eigenvalue weighted by atomic mass is 16.2. The lowest BCUT2D eigenvalue weighted by Gasteiger charge is -2.37. The fraction of sp³-hybridized carbons (Fsp3) is 0.647. The van der Waals surface area contributed by atoms with Gasteiger partial charge in [0.1, 0.15) is 6.04 Å². The number of piperidine rings is 1. The first-order chi connectivity index (χ1) is 11.8. The van der Waals surface area contributed by atoms with Crippen LogP contribution < -0.4 is 16.2 Å². The van der Waals surface area contributed by atoms with Gasteiger partial charge in [-0.15, -0.1) is 0 Å². The summed E-state index contributed by atoms with van der Waals surface area (Å²) in [6, 6.07) is 4.45. The highest BCUT2D eigenvalue weighted by Crippen LogP contribution is 2.22. The molecule has 1 amide bonds. The number of carbonyl (C=O) groups is 1. The molecule has 4 heterocycles. The number of fused-ring (bicyclic) bond motifs is 1. The second-order valence-electron chi connectivity index (χ2n) is 6.99. The van der Waals surface area contributed by atoms with Crippen molar-refractivity contribution in [1.82, 2.24) is 31.0 Å². The van der Waals surface area contributed by atoms with Crippen LogP contribution in [0.25, 0.3) is 0 Å². The van der Waals surface area contributed by atoms with Gasteiger partial charge in [-0.25, -0.2) is 5.43 Å². The molecule has 3 unspecified atom stereocenters. The number of pyridine rings is 1. The van der Waals surface area contributed by atoms with Gasteiger partial charge in [0.2, 0.25) is 5.91 Å². The molecule has 3 aliphatic heterocycles. The Morgan fingerprint density at radius 2 is 1.96 bits per heavy atom. The smallest absolute Gasteiger partial charge is 0.241 e. The molecule has 24 heavy (non-hydrogen) atoms. The zero-order valence-electron chi connectivity index (χ0n) is 13.9. The van der Waals surface area contributed by atoms with Gasteiger partial charge in [0.15, 0.2) is 0 Å². The fourth-order valence-electron chi connectivity index (χ4n) is 4.03. The predicted octanol–water partition coefficient (Wildman–Crippen LogP) is -0.820. The van der Waals surface area contributed by atoms with Crippen LogP contribution in [-0.2, 0) is 11.3 Å². The number of rotatable bonds is 3. The van der Waals surface area contributed by atoms with Crippen LogP contribution in [0, 0.1) is 5.92 Å². The summed E-state index contributed by atoms with van der Waals surface area (Å²) >= 11 is 0. The molecule has 4 rings (SSSR count). The number of hydrogen-bond donors (Lipinski definition) is 3. The van der Waals surface area contributed by atoms with E-state index in [4.69, 9.17) is 0 Å². The number of hydrogen-bond acceptors (Lipinski definition) is 6. The second-order valence-corrected chi connectivity index (χ2v) is 6.99. The Morgan fingerprint density at radius 3 is 2.75 bits per heavy atom. The van der Waals surface area contributed by atoms with Crippen molar-refractivity contribution in [3.8, 4) is 0 Å². The topological polar surface area (TPSA) is 72.5 Å². The first kappa shape index (κ1) is 16.0. The van der Waals surface area contributed by atoms with E-state index >= 15 is 0 Å². The van der Waals surface area contributed by atoms with Crippen LogP contribution in [0.1, 0.15) is 12.0 Å². The Hall–Kier alpha value is -1.54. The third kappa shape index (κ3) is 3.30. The van der Waals surface area contributed by atoms with Gasteiger partial charge >= 0.3 is 0 Å². The number of nitrogens with zero attached hydrogens (tertiary/aromatic N) is 3. The number of hydrazine groups is 1. The summed E-state index contributed by atoms with van der Waals surface area (Å²) in [6.45, 7) is 6.37. The van der Waals surface area contributed by atoms with E-state index in [1.165, 1.54) is 5.56 Å². The molecular formula is C17H26N6O. The Bertz CT molecular complexity index is 559. The van der Waals surface area contributed by atoms with Crippen molar-refractivity contribution in [1.29, 1.82) is 0 Å². The van der Waals surface area contributed by atoms with Crippen molar-refractivity contribution < 1.29 is 4.79 Å². The van der Waals surface area contributed by atoms with Gasteiger partial charge in [0.25, 0.3) is 0 Å². The van der Waals surface area contributed by atoms with Gasteiger partial charge in [0.05, 0.1) is 0 Å². The quantitative estimate of drug-likeness (QED) is 0.673. The minimum absolute atomic E-state index is 0.0884. The van der Waals surface area contributed by atoms with Crippen LogP contribution in [0.4, 0.5) is 0 Å². The van der Waals surface area contributed by atoms with Crippen LogP contribution in [-0.4, -0.2) is 72.0 Å². The molecule has 3 saturated heterocycles. The largest absolute Gasteiger partial charge is 0.339 e. The lowest BCUT2D eigenvalue weighted by molar-refractivity contribution is -0.136. The molecule has 130 valence electrons. The predicted molar refractivity (Wildman–Crippen MR) is 90.9 cm³/mol. The number of aromatic nitrogens is 1. The number of nitrogens with one attached hydrogen (secondary N) is 3. The van der Waals surface area contributed by atoms with Crippen molar-refractivity contribution in [3.63, 3.8) is 0 Å². The van der Waals surface area contributed by atoms with E-state index < -0.39 is 0 Å². The van der Waals surface area contributed by atoms with E-state index in [0.717, 1.165) is 52.2 Å². The molecule has 1 aromatic rings. The van der Waals surface area contributed by atoms with E-state index in [1.807, 2.05) is 17.3 Å². The Kier molecular flexibility index (Phi) is 4.75. The summed E-state index contributed by atoms with van der Waals surface area (Å²) < 4.78 is 0. The molecule has 0 aromatic carbocycles.